The monoisotopic (exact) mass is 501 g/mol. The van der Waals surface area contributed by atoms with E-state index >= 15 is 0 Å². The molecule has 1 aliphatic rings. The molecule has 1 aliphatic carbocycles. The van der Waals surface area contributed by atoms with Gasteiger partial charge >= 0.3 is 0 Å². The van der Waals surface area contributed by atoms with Crippen molar-refractivity contribution in [3.05, 3.63) is 64.5 Å². The smallest absolute Gasteiger partial charge is 0.264 e. The third kappa shape index (κ3) is 5.13. The van der Waals surface area contributed by atoms with E-state index in [0.29, 0.717) is 16.6 Å². The average molecular weight is 502 g/mol. The maximum atomic E-state index is 14.8. The number of carbonyl (C=O) groups is 1. The normalized spacial score (nSPS) is 15.7. The Morgan fingerprint density at radius 3 is 2.63 bits per heavy atom. The van der Waals surface area contributed by atoms with E-state index in [9.17, 15) is 22.4 Å². The number of nitrogens with one attached hydrogen (secondary N) is 1. The number of sulfone groups is 1. The fourth-order valence-corrected chi connectivity index (χ4v) is 4.97. The van der Waals surface area contributed by atoms with E-state index in [1.54, 1.807) is 30.3 Å². The lowest BCUT2D eigenvalue weighted by Crippen LogP contribution is -2.50. The van der Waals surface area contributed by atoms with Gasteiger partial charge in [-0.15, -0.1) is 0 Å². The fraction of sp³-hybridized carbons (Fsp3) is 0.400. The number of hydrogen-bond donors (Lipinski definition) is 2. The van der Waals surface area contributed by atoms with Crippen molar-refractivity contribution < 1.29 is 22.8 Å². The molecule has 186 valence electrons. The van der Waals surface area contributed by atoms with Gasteiger partial charge < -0.3 is 0 Å². The van der Waals surface area contributed by atoms with Gasteiger partial charge in [0.2, 0.25) is 0 Å². The Morgan fingerprint density at radius 1 is 1.26 bits per heavy atom. The molecule has 1 aromatic heterocycles. The first kappa shape index (κ1) is 25.0. The van der Waals surface area contributed by atoms with Crippen molar-refractivity contribution in [2.75, 3.05) is 6.26 Å². The number of aryl methyl sites for hydroxylation is 2. The van der Waals surface area contributed by atoms with E-state index in [4.69, 9.17) is 5.21 Å². The molecule has 0 radical (unpaired) electrons. The Kier molecular flexibility index (Phi) is 6.79. The number of aromatic nitrogens is 2. The highest BCUT2D eigenvalue weighted by Gasteiger charge is 2.43. The zero-order chi connectivity index (χ0) is 25.4. The van der Waals surface area contributed by atoms with Gasteiger partial charge in [-0.05, 0) is 61.4 Å². The van der Waals surface area contributed by atoms with Crippen molar-refractivity contribution in [2.45, 2.75) is 50.3 Å². The number of nitrogens with zero attached hydrogens (tertiary/aromatic N) is 2. The highest BCUT2D eigenvalue weighted by molar-refractivity contribution is 7.92. The fourth-order valence-electron chi connectivity index (χ4n) is 4.13. The van der Waals surface area contributed by atoms with Gasteiger partial charge in [0.25, 0.3) is 11.5 Å². The topological polar surface area (TPSA) is 118 Å². The molecule has 1 fully saturated rings. The molecule has 4 rings (SSSR count). The molecule has 2 N–H and O–H groups in total. The van der Waals surface area contributed by atoms with Crippen LogP contribution in [0.1, 0.15) is 38.2 Å². The molecule has 2 aromatic carbocycles. The number of carbonyl (C=O) groups excluding carboxylic acids is 1. The van der Waals surface area contributed by atoms with Crippen LogP contribution in [-0.2, 0) is 27.6 Å². The minimum atomic E-state index is -3.89. The van der Waals surface area contributed by atoms with E-state index in [2.05, 4.69) is 4.98 Å². The maximum absolute atomic E-state index is 14.8. The van der Waals surface area contributed by atoms with Gasteiger partial charge in [-0.2, -0.15) is 0 Å². The number of hydroxylamine groups is 1. The van der Waals surface area contributed by atoms with Crippen LogP contribution in [-0.4, -0.2) is 40.1 Å². The molecule has 0 unspecified atom stereocenters. The van der Waals surface area contributed by atoms with Crippen molar-refractivity contribution in [1.29, 1.82) is 0 Å². The molecule has 0 aliphatic heterocycles. The van der Waals surface area contributed by atoms with Crippen LogP contribution in [0.15, 0.2) is 47.5 Å². The minimum absolute atomic E-state index is 0.114. The SMILES string of the molecule is C[C@@](CCn1cnc2cc(-c3ccc(CCC4CC4)cc3F)ccc2c1=O)(C(=O)NO)S(C)(=O)=O. The average Bonchev–Trinajstić information content (AvgIpc) is 3.65. The van der Waals surface area contributed by atoms with Gasteiger partial charge in [-0.3, -0.25) is 19.4 Å². The van der Waals surface area contributed by atoms with Gasteiger partial charge in [0, 0.05) is 18.4 Å². The van der Waals surface area contributed by atoms with Crippen LogP contribution < -0.4 is 11.0 Å². The molecule has 1 atom stereocenters. The maximum Gasteiger partial charge on any atom is 0.264 e. The Morgan fingerprint density at radius 2 is 2.00 bits per heavy atom. The molecule has 10 heteroatoms. The first-order chi connectivity index (χ1) is 16.5. The van der Waals surface area contributed by atoms with Crippen molar-refractivity contribution in [3.8, 4) is 11.1 Å². The molecular formula is C25H28FN3O5S. The summed E-state index contributed by atoms with van der Waals surface area (Å²) in [7, 11) is -3.89. The molecule has 0 spiro atoms. The van der Waals surface area contributed by atoms with Crippen LogP contribution in [0.5, 0.6) is 0 Å². The second-order valence-corrected chi connectivity index (χ2v) is 11.9. The van der Waals surface area contributed by atoms with Gasteiger partial charge in [0.15, 0.2) is 14.6 Å². The predicted molar refractivity (Wildman–Crippen MR) is 130 cm³/mol. The zero-order valence-corrected chi connectivity index (χ0v) is 20.4. The van der Waals surface area contributed by atoms with E-state index in [-0.39, 0.29) is 24.2 Å². The molecule has 1 amide bonds. The van der Waals surface area contributed by atoms with Gasteiger partial charge in [0.1, 0.15) is 5.82 Å². The van der Waals surface area contributed by atoms with Crippen LogP contribution in [0.25, 0.3) is 22.0 Å². The van der Waals surface area contributed by atoms with Gasteiger partial charge in [-0.1, -0.05) is 31.0 Å². The molecule has 0 bridgehead atoms. The van der Waals surface area contributed by atoms with Crippen molar-refractivity contribution in [3.63, 3.8) is 0 Å². The minimum Gasteiger partial charge on any atom is -0.299 e. The zero-order valence-electron chi connectivity index (χ0n) is 19.6. The molecule has 0 saturated heterocycles. The third-order valence-electron chi connectivity index (χ3n) is 6.94. The summed E-state index contributed by atoms with van der Waals surface area (Å²) in [6.45, 7) is 1.07. The molecular weight excluding hydrogens is 473 g/mol. The highest BCUT2D eigenvalue weighted by atomic mass is 32.2. The Labute approximate surface area is 202 Å². The lowest BCUT2D eigenvalue weighted by Gasteiger charge is -2.25. The third-order valence-corrected chi connectivity index (χ3v) is 8.96. The lowest BCUT2D eigenvalue weighted by molar-refractivity contribution is -0.131. The van der Waals surface area contributed by atoms with Crippen LogP contribution >= 0.6 is 0 Å². The number of benzene rings is 2. The second-order valence-electron chi connectivity index (χ2n) is 9.47. The number of amides is 1. The summed E-state index contributed by atoms with van der Waals surface area (Å²) < 4.78 is 38.4. The quantitative estimate of drug-likeness (QED) is 0.343. The van der Waals surface area contributed by atoms with Crippen LogP contribution in [0.3, 0.4) is 0 Å². The number of halogens is 1. The molecule has 3 aromatic rings. The summed E-state index contributed by atoms with van der Waals surface area (Å²) in [4.78, 5) is 29.3. The largest absolute Gasteiger partial charge is 0.299 e. The molecule has 1 saturated carbocycles. The predicted octanol–water partition coefficient (Wildman–Crippen LogP) is 3.24. The van der Waals surface area contributed by atoms with E-state index in [0.717, 1.165) is 30.6 Å². The van der Waals surface area contributed by atoms with Crippen LogP contribution in [0.4, 0.5) is 4.39 Å². The Hall–Kier alpha value is -3.11. The summed E-state index contributed by atoms with van der Waals surface area (Å²) in [5.41, 5.74) is 3.33. The van der Waals surface area contributed by atoms with E-state index in [1.165, 1.54) is 36.1 Å². The molecule has 8 nitrogen and oxygen atoms in total. The lowest BCUT2D eigenvalue weighted by atomic mass is 9.99. The molecule has 1 heterocycles. The van der Waals surface area contributed by atoms with E-state index in [1.807, 2.05) is 6.07 Å². The van der Waals surface area contributed by atoms with Crippen LogP contribution in [0.2, 0.25) is 0 Å². The van der Waals surface area contributed by atoms with Crippen molar-refractivity contribution in [1.82, 2.24) is 15.0 Å². The summed E-state index contributed by atoms with van der Waals surface area (Å²) >= 11 is 0. The van der Waals surface area contributed by atoms with E-state index < -0.39 is 26.1 Å². The summed E-state index contributed by atoms with van der Waals surface area (Å²) in [6, 6.07) is 10.1. The number of hydrogen-bond acceptors (Lipinski definition) is 6. The highest BCUT2D eigenvalue weighted by Crippen LogP contribution is 2.34. The second kappa shape index (κ2) is 9.50. The standard InChI is InChI=1S/C25H28FN3O5S/c1-25(24(31)28-32,35(2,33)34)11-12-29-15-27-22-14-18(8-10-20(22)23(29)30)19-9-7-17(13-21(19)26)6-5-16-3-4-16/h7-10,13-16,32H,3-6,11-12H2,1-2H3,(H,28,31)/t25-/m1/s1. The number of fused-ring (bicyclic) bond motifs is 1. The molecule has 35 heavy (non-hydrogen) atoms. The summed E-state index contributed by atoms with van der Waals surface area (Å²) in [5, 5.41) is 9.24. The number of rotatable bonds is 9. The summed E-state index contributed by atoms with van der Waals surface area (Å²) in [6.07, 6.45) is 6.39. The van der Waals surface area contributed by atoms with Crippen molar-refractivity contribution in [2.24, 2.45) is 5.92 Å². The van der Waals surface area contributed by atoms with Gasteiger partial charge in [-0.25, -0.2) is 23.3 Å². The van der Waals surface area contributed by atoms with Crippen molar-refractivity contribution >= 4 is 26.6 Å². The van der Waals surface area contributed by atoms with Gasteiger partial charge in [0.05, 0.1) is 17.2 Å². The Balaban J connectivity index is 1.58. The summed E-state index contributed by atoms with van der Waals surface area (Å²) in [5.74, 6) is -0.625. The Bertz CT molecular complexity index is 1450. The first-order valence-electron chi connectivity index (χ1n) is 11.5. The van der Waals surface area contributed by atoms with Crippen LogP contribution in [0, 0.1) is 11.7 Å². The first-order valence-corrected chi connectivity index (χ1v) is 13.3.